The highest BCUT2D eigenvalue weighted by Gasteiger charge is 2.19. The van der Waals surface area contributed by atoms with Gasteiger partial charge in [-0.1, -0.05) is 17.7 Å². The van der Waals surface area contributed by atoms with E-state index in [1.807, 2.05) is 6.92 Å². The summed E-state index contributed by atoms with van der Waals surface area (Å²) < 4.78 is 5.64. The highest BCUT2D eigenvalue weighted by atomic mass is 16.5. The maximum Gasteiger partial charge on any atom is 0.122 e. The molecule has 1 aliphatic carbocycles. The molecule has 0 aliphatic heterocycles. The van der Waals surface area contributed by atoms with Gasteiger partial charge in [-0.25, -0.2) is 0 Å². The summed E-state index contributed by atoms with van der Waals surface area (Å²) in [5.41, 5.74) is 2.64. The van der Waals surface area contributed by atoms with Gasteiger partial charge in [-0.15, -0.1) is 0 Å². The lowest BCUT2D eigenvalue weighted by Gasteiger charge is -2.11. The first kappa shape index (κ1) is 11.5. The Hall–Kier alpha value is -1.02. The molecule has 0 spiro atoms. The number of benzene rings is 1. The number of nitrogens with one attached hydrogen (secondary N) is 1. The first-order valence-electron chi connectivity index (χ1n) is 6.25. The van der Waals surface area contributed by atoms with Gasteiger partial charge in [0.25, 0.3) is 0 Å². The lowest BCUT2D eigenvalue weighted by Crippen LogP contribution is -2.19. The monoisotopic (exact) mass is 219 g/mol. The van der Waals surface area contributed by atoms with Crippen molar-refractivity contribution in [2.45, 2.75) is 39.2 Å². The average Bonchev–Trinajstić information content (AvgIpc) is 3.06. The molecule has 2 nitrogen and oxygen atoms in total. The molecule has 0 radical (unpaired) electrons. The maximum atomic E-state index is 5.64. The Bertz CT molecular complexity index is 345. The molecular formula is C14H21NO. The van der Waals surface area contributed by atoms with E-state index in [1.54, 1.807) is 0 Å². The van der Waals surface area contributed by atoms with Gasteiger partial charge in [-0.3, -0.25) is 0 Å². The molecule has 0 saturated heterocycles. The van der Waals surface area contributed by atoms with Crippen molar-refractivity contribution in [1.82, 2.24) is 5.32 Å². The van der Waals surface area contributed by atoms with Crippen LogP contribution in [0.15, 0.2) is 18.2 Å². The van der Waals surface area contributed by atoms with E-state index in [4.69, 9.17) is 4.74 Å². The summed E-state index contributed by atoms with van der Waals surface area (Å²) >= 11 is 0. The van der Waals surface area contributed by atoms with E-state index in [2.05, 4.69) is 30.4 Å². The minimum Gasteiger partial charge on any atom is -0.494 e. The molecule has 0 amide bonds. The number of ether oxygens (including phenoxy) is 1. The zero-order valence-corrected chi connectivity index (χ0v) is 10.3. The van der Waals surface area contributed by atoms with Gasteiger partial charge in [0.2, 0.25) is 0 Å². The van der Waals surface area contributed by atoms with Crippen molar-refractivity contribution in [3.8, 4) is 5.75 Å². The van der Waals surface area contributed by atoms with E-state index in [9.17, 15) is 0 Å². The standard InChI is InChI=1S/C14H21NO/c1-3-16-14-7-4-11(2)10-12(14)8-9-15-13-5-6-13/h4,7,10,13,15H,3,5-6,8-9H2,1-2H3. The molecule has 1 aromatic carbocycles. The molecular weight excluding hydrogens is 198 g/mol. The van der Waals surface area contributed by atoms with E-state index in [1.165, 1.54) is 24.0 Å². The predicted octanol–water partition coefficient (Wildman–Crippen LogP) is 2.69. The second-order valence-electron chi connectivity index (χ2n) is 4.52. The van der Waals surface area contributed by atoms with Gasteiger partial charge in [0.15, 0.2) is 0 Å². The molecule has 1 aliphatic rings. The van der Waals surface area contributed by atoms with Crippen LogP contribution in [0.3, 0.4) is 0 Å². The Labute approximate surface area is 98.0 Å². The Kier molecular flexibility index (Phi) is 3.83. The van der Waals surface area contributed by atoms with Crippen molar-refractivity contribution in [2.75, 3.05) is 13.2 Å². The summed E-state index contributed by atoms with van der Waals surface area (Å²) in [5.74, 6) is 1.05. The topological polar surface area (TPSA) is 21.3 Å². The lowest BCUT2D eigenvalue weighted by molar-refractivity contribution is 0.336. The Morgan fingerprint density at radius 3 is 2.88 bits per heavy atom. The summed E-state index contributed by atoms with van der Waals surface area (Å²) in [6.07, 6.45) is 3.77. The predicted molar refractivity (Wildman–Crippen MR) is 67.1 cm³/mol. The average molecular weight is 219 g/mol. The molecule has 1 N–H and O–H groups in total. The maximum absolute atomic E-state index is 5.64. The summed E-state index contributed by atoms with van der Waals surface area (Å²) in [6, 6.07) is 7.23. The van der Waals surface area contributed by atoms with Gasteiger partial charge < -0.3 is 10.1 Å². The Morgan fingerprint density at radius 1 is 1.38 bits per heavy atom. The zero-order chi connectivity index (χ0) is 11.4. The molecule has 1 saturated carbocycles. The molecule has 0 heterocycles. The highest BCUT2D eigenvalue weighted by molar-refractivity contribution is 5.37. The molecule has 1 fully saturated rings. The molecule has 0 unspecified atom stereocenters. The van der Waals surface area contributed by atoms with Crippen LogP contribution in [0.4, 0.5) is 0 Å². The number of hydrogen-bond acceptors (Lipinski definition) is 2. The van der Waals surface area contributed by atoms with Crippen LogP contribution in [0.2, 0.25) is 0 Å². The van der Waals surface area contributed by atoms with Crippen molar-refractivity contribution in [3.63, 3.8) is 0 Å². The number of hydrogen-bond donors (Lipinski definition) is 1. The molecule has 2 heteroatoms. The summed E-state index contributed by atoms with van der Waals surface area (Å²) in [7, 11) is 0. The van der Waals surface area contributed by atoms with Crippen molar-refractivity contribution >= 4 is 0 Å². The van der Waals surface area contributed by atoms with E-state index >= 15 is 0 Å². The lowest BCUT2D eigenvalue weighted by atomic mass is 10.1. The minimum absolute atomic E-state index is 0.742. The second-order valence-corrected chi connectivity index (χ2v) is 4.52. The molecule has 16 heavy (non-hydrogen) atoms. The van der Waals surface area contributed by atoms with Crippen LogP contribution in [-0.4, -0.2) is 19.2 Å². The van der Waals surface area contributed by atoms with Gasteiger partial charge in [0.05, 0.1) is 6.61 Å². The van der Waals surface area contributed by atoms with Gasteiger partial charge in [-0.2, -0.15) is 0 Å². The molecule has 2 rings (SSSR count). The summed E-state index contributed by atoms with van der Waals surface area (Å²) in [5, 5.41) is 3.54. The summed E-state index contributed by atoms with van der Waals surface area (Å²) in [4.78, 5) is 0. The fraction of sp³-hybridized carbons (Fsp3) is 0.571. The first-order valence-corrected chi connectivity index (χ1v) is 6.25. The van der Waals surface area contributed by atoms with Crippen molar-refractivity contribution < 1.29 is 4.74 Å². The fourth-order valence-electron chi connectivity index (χ4n) is 1.90. The first-order chi connectivity index (χ1) is 7.79. The molecule has 0 atom stereocenters. The largest absolute Gasteiger partial charge is 0.494 e. The van der Waals surface area contributed by atoms with E-state index in [0.29, 0.717) is 0 Å². The number of rotatable bonds is 6. The van der Waals surface area contributed by atoms with Gasteiger partial charge in [0.1, 0.15) is 5.75 Å². The van der Waals surface area contributed by atoms with Crippen LogP contribution in [-0.2, 0) is 6.42 Å². The van der Waals surface area contributed by atoms with Gasteiger partial charge >= 0.3 is 0 Å². The summed E-state index contributed by atoms with van der Waals surface area (Å²) in [6.45, 7) is 5.97. The van der Waals surface area contributed by atoms with Crippen molar-refractivity contribution in [3.05, 3.63) is 29.3 Å². The smallest absolute Gasteiger partial charge is 0.122 e. The minimum atomic E-state index is 0.742. The van der Waals surface area contributed by atoms with E-state index in [0.717, 1.165) is 31.4 Å². The second kappa shape index (κ2) is 5.35. The third kappa shape index (κ3) is 3.24. The van der Waals surface area contributed by atoms with Crippen LogP contribution in [0.5, 0.6) is 5.75 Å². The fourth-order valence-corrected chi connectivity index (χ4v) is 1.90. The molecule has 1 aromatic rings. The molecule has 0 bridgehead atoms. The van der Waals surface area contributed by atoms with Crippen molar-refractivity contribution in [1.29, 1.82) is 0 Å². The number of aryl methyl sites for hydroxylation is 1. The van der Waals surface area contributed by atoms with E-state index in [-0.39, 0.29) is 0 Å². The normalized spacial score (nSPS) is 15.1. The molecule has 0 aromatic heterocycles. The van der Waals surface area contributed by atoms with E-state index < -0.39 is 0 Å². The Morgan fingerprint density at radius 2 is 2.19 bits per heavy atom. The van der Waals surface area contributed by atoms with Gasteiger partial charge in [-0.05, 0) is 51.3 Å². The van der Waals surface area contributed by atoms with Crippen LogP contribution < -0.4 is 10.1 Å². The molecule has 88 valence electrons. The third-order valence-electron chi connectivity index (χ3n) is 2.92. The quantitative estimate of drug-likeness (QED) is 0.794. The van der Waals surface area contributed by atoms with Gasteiger partial charge in [0, 0.05) is 6.04 Å². The Balaban J connectivity index is 1.94. The highest BCUT2D eigenvalue weighted by Crippen LogP contribution is 2.22. The van der Waals surface area contributed by atoms with Crippen LogP contribution in [0, 0.1) is 6.92 Å². The van der Waals surface area contributed by atoms with Crippen LogP contribution in [0.25, 0.3) is 0 Å². The van der Waals surface area contributed by atoms with Crippen LogP contribution in [0.1, 0.15) is 30.9 Å². The zero-order valence-electron chi connectivity index (χ0n) is 10.3. The van der Waals surface area contributed by atoms with Crippen LogP contribution >= 0.6 is 0 Å². The SMILES string of the molecule is CCOc1ccc(C)cc1CCNC1CC1. The van der Waals surface area contributed by atoms with Crippen molar-refractivity contribution in [2.24, 2.45) is 0 Å². The third-order valence-corrected chi connectivity index (χ3v) is 2.92.